The maximum absolute atomic E-state index is 13.5. The van der Waals surface area contributed by atoms with Crippen molar-refractivity contribution in [2.24, 2.45) is 11.5 Å². The zero-order chi connectivity index (χ0) is 23.8. The Balaban J connectivity index is 1.41. The molecule has 1 saturated heterocycles. The van der Waals surface area contributed by atoms with Crippen LogP contribution in [0.3, 0.4) is 0 Å². The molecule has 2 aromatic rings. The van der Waals surface area contributed by atoms with Gasteiger partial charge in [0, 0.05) is 41.9 Å². The van der Waals surface area contributed by atoms with Gasteiger partial charge in [0.15, 0.2) is 5.76 Å². The number of anilines is 1. The molecule has 6 N–H and O–H groups in total. The molecule has 2 aliphatic heterocycles. The molecule has 0 bridgehead atoms. The van der Waals surface area contributed by atoms with Gasteiger partial charge in [0.2, 0.25) is 5.91 Å². The van der Waals surface area contributed by atoms with Crippen LogP contribution in [0.2, 0.25) is 0 Å². The predicted octanol–water partition coefficient (Wildman–Crippen LogP) is 3.41. The van der Waals surface area contributed by atoms with Crippen LogP contribution in [-0.2, 0) is 17.8 Å². The van der Waals surface area contributed by atoms with Crippen LogP contribution in [0.5, 0.6) is 0 Å². The van der Waals surface area contributed by atoms with Crippen LogP contribution in [0.1, 0.15) is 66.2 Å². The summed E-state index contributed by atoms with van der Waals surface area (Å²) < 4.78 is 5.74. The Kier molecular flexibility index (Phi) is 6.77. The Morgan fingerprint density at radius 2 is 2.06 bits per heavy atom. The summed E-state index contributed by atoms with van der Waals surface area (Å²) in [6, 6.07) is 5.78. The van der Waals surface area contributed by atoms with Gasteiger partial charge in [-0.15, -0.1) is 23.4 Å². The van der Waals surface area contributed by atoms with Crippen molar-refractivity contribution in [1.29, 1.82) is 5.41 Å². The maximum Gasteiger partial charge on any atom is 0.243 e. The SMILES string of the molecule is N=C(N)c1ccc2c(c1)N(Cc1cnoc1C1CCC(Cl)S1)C(C(=O)NC1CCC(N)CC1)C2. The Morgan fingerprint density at radius 1 is 1.26 bits per heavy atom. The van der Waals surface area contributed by atoms with Gasteiger partial charge >= 0.3 is 0 Å². The summed E-state index contributed by atoms with van der Waals surface area (Å²) in [6.45, 7) is 0.491. The third kappa shape index (κ3) is 4.78. The number of alkyl halides is 1. The molecule has 1 amide bonds. The minimum Gasteiger partial charge on any atom is -0.384 e. The normalized spacial score (nSPS) is 28.6. The van der Waals surface area contributed by atoms with E-state index >= 15 is 0 Å². The van der Waals surface area contributed by atoms with Crippen molar-refractivity contribution in [3.63, 3.8) is 0 Å². The highest BCUT2D eigenvalue weighted by Crippen LogP contribution is 2.47. The van der Waals surface area contributed by atoms with Crippen molar-refractivity contribution < 1.29 is 9.32 Å². The zero-order valence-electron chi connectivity index (χ0n) is 19.0. The molecule has 0 spiro atoms. The summed E-state index contributed by atoms with van der Waals surface area (Å²) in [5.74, 6) is 0.871. The second-order valence-corrected chi connectivity index (χ2v) is 11.7. The summed E-state index contributed by atoms with van der Waals surface area (Å²) in [6.07, 6.45) is 7.93. The standard InChI is InChI=1S/C24H31ClN6O2S/c25-21-8-7-20(34-21)22-15(11-29-33-22)12-31-18-10-14(23(27)28)2-1-13(18)9-19(31)24(32)30-17-5-3-16(26)4-6-17/h1-2,10-11,16-17,19-21H,3-9,12,26H2,(H3,27,28)(H,30,32). The van der Waals surface area contributed by atoms with Crippen LogP contribution in [0.4, 0.5) is 5.69 Å². The molecule has 3 aliphatic rings. The van der Waals surface area contributed by atoms with E-state index in [1.807, 2.05) is 18.2 Å². The molecule has 8 nitrogen and oxygen atoms in total. The van der Waals surface area contributed by atoms with Crippen molar-refractivity contribution in [3.05, 3.63) is 46.8 Å². The van der Waals surface area contributed by atoms with E-state index in [9.17, 15) is 4.79 Å². The number of carbonyl (C=O) groups is 1. The number of aromatic nitrogens is 1. The second kappa shape index (κ2) is 9.79. The number of halogens is 1. The molecule has 1 aromatic carbocycles. The number of hydrogen-bond donors (Lipinski definition) is 4. The summed E-state index contributed by atoms with van der Waals surface area (Å²) in [5.41, 5.74) is 15.4. The fourth-order valence-electron chi connectivity index (χ4n) is 5.27. The summed E-state index contributed by atoms with van der Waals surface area (Å²) >= 11 is 8.02. The van der Waals surface area contributed by atoms with E-state index in [1.165, 1.54) is 0 Å². The van der Waals surface area contributed by atoms with Crippen LogP contribution in [-0.4, -0.2) is 39.7 Å². The number of nitrogen functional groups attached to an aromatic ring is 1. The molecule has 5 rings (SSSR count). The van der Waals surface area contributed by atoms with Gasteiger partial charge in [0.25, 0.3) is 0 Å². The minimum atomic E-state index is -0.354. The van der Waals surface area contributed by atoms with Crippen molar-refractivity contribution >= 4 is 40.8 Å². The fraction of sp³-hybridized carbons (Fsp3) is 0.542. The summed E-state index contributed by atoms with van der Waals surface area (Å²) in [7, 11) is 0. The van der Waals surface area contributed by atoms with Crippen molar-refractivity contribution in [1.82, 2.24) is 10.5 Å². The van der Waals surface area contributed by atoms with Gasteiger partial charge in [-0.2, -0.15) is 0 Å². The average Bonchev–Trinajstić information content (AvgIpc) is 3.54. The van der Waals surface area contributed by atoms with E-state index in [-0.39, 0.29) is 39.8 Å². The summed E-state index contributed by atoms with van der Waals surface area (Å²) in [4.78, 5) is 15.6. The number of carbonyl (C=O) groups excluding carboxylic acids is 1. The second-order valence-electron chi connectivity index (χ2n) is 9.55. The van der Waals surface area contributed by atoms with Crippen LogP contribution in [0.15, 0.2) is 28.9 Å². The molecule has 34 heavy (non-hydrogen) atoms. The lowest BCUT2D eigenvalue weighted by Gasteiger charge is -2.31. The first kappa shape index (κ1) is 23.5. The molecule has 2 fully saturated rings. The van der Waals surface area contributed by atoms with E-state index in [4.69, 9.17) is 33.0 Å². The molecule has 1 aromatic heterocycles. The quantitative estimate of drug-likeness (QED) is 0.270. The molecule has 3 unspecified atom stereocenters. The molecule has 10 heteroatoms. The summed E-state index contributed by atoms with van der Waals surface area (Å²) in [5, 5.41) is 15.4. The first-order valence-electron chi connectivity index (χ1n) is 11.9. The van der Waals surface area contributed by atoms with Crippen molar-refractivity contribution in [2.75, 3.05) is 4.90 Å². The molecule has 3 atom stereocenters. The minimum absolute atomic E-state index is 0.00960. The fourth-order valence-corrected chi connectivity index (χ4v) is 6.99. The number of thioether (sulfide) groups is 1. The number of benzene rings is 1. The maximum atomic E-state index is 13.5. The first-order valence-corrected chi connectivity index (χ1v) is 13.3. The van der Waals surface area contributed by atoms with Crippen molar-refractivity contribution in [3.8, 4) is 0 Å². The van der Waals surface area contributed by atoms with Crippen LogP contribution in [0.25, 0.3) is 0 Å². The van der Waals surface area contributed by atoms with Crippen LogP contribution >= 0.6 is 23.4 Å². The van der Waals surface area contributed by atoms with E-state index < -0.39 is 0 Å². The molecule has 1 aliphatic carbocycles. The lowest BCUT2D eigenvalue weighted by Crippen LogP contribution is -2.49. The topological polar surface area (TPSA) is 134 Å². The highest BCUT2D eigenvalue weighted by Gasteiger charge is 2.38. The molecule has 0 radical (unpaired) electrons. The molecule has 182 valence electrons. The number of hydrogen-bond acceptors (Lipinski definition) is 7. The van der Waals surface area contributed by atoms with Gasteiger partial charge in [-0.1, -0.05) is 17.3 Å². The van der Waals surface area contributed by atoms with Gasteiger partial charge in [-0.25, -0.2) is 0 Å². The van der Waals surface area contributed by atoms with Crippen LogP contribution in [0, 0.1) is 5.41 Å². The zero-order valence-corrected chi connectivity index (χ0v) is 20.6. The van der Waals surface area contributed by atoms with Crippen molar-refractivity contribution in [2.45, 2.75) is 79.6 Å². The monoisotopic (exact) mass is 502 g/mol. The van der Waals surface area contributed by atoms with Gasteiger partial charge < -0.3 is 26.2 Å². The van der Waals surface area contributed by atoms with E-state index in [1.54, 1.807) is 18.0 Å². The van der Waals surface area contributed by atoms with Gasteiger partial charge in [-0.3, -0.25) is 10.2 Å². The average molecular weight is 503 g/mol. The van der Waals surface area contributed by atoms with Gasteiger partial charge in [0.05, 0.1) is 16.2 Å². The molecular formula is C24H31ClN6O2S. The first-order chi connectivity index (χ1) is 16.4. The Hall–Kier alpha value is -2.23. The smallest absolute Gasteiger partial charge is 0.243 e. The van der Waals surface area contributed by atoms with E-state index in [0.717, 1.165) is 61.1 Å². The number of nitrogens with two attached hydrogens (primary N) is 2. The van der Waals surface area contributed by atoms with Crippen LogP contribution < -0.4 is 21.7 Å². The van der Waals surface area contributed by atoms with E-state index in [0.29, 0.717) is 18.5 Å². The van der Waals surface area contributed by atoms with Gasteiger partial charge in [0.1, 0.15) is 11.9 Å². The predicted molar refractivity (Wildman–Crippen MR) is 135 cm³/mol. The lowest BCUT2D eigenvalue weighted by atomic mass is 9.91. The Morgan fingerprint density at radius 3 is 2.76 bits per heavy atom. The third-order valence-electron chi connectivity index (χ3n) is 7.19. The van der Waals surface area contributed by atoms with E-state index in [2.05, 4.69) is 15.4 Å². The number of amides is 1. The number of rotatable bonds is 6. The molecule has 3 heterocycles. The Bertz CT molecular complexity index is 1070. The molecule has 1 saturated carbocycles. The number of fused-ring (bicyclic) bond motifs is 1. The largest absolute Gasteiger partial charge is 0.384 e. The lowest BCUT2D eigenvalue weighted by molar-refractivity contribution is -0.123. The number of amidine groups is 1. The third-order valence-corrected chi connectivity index (χ3v) is 9.03. The Labute approximate surface area is 208 Å². The number of nitrogens with one attached hydrogen (secondary N) is 2. The molecular weight excluding hydrogens is 472 g/mol. The van der Waals surface area contributed by atoms with Gasteiger partial charge in [-0.05, 0) is 50.2 Å². The number of nitrogens with zero attached hydrogens (tertiary/aromatic N) is 2. The highest BCUT2D eigenvalue weighted by molar-refractivity contribution is 8.01. The highest BCUT2D eigenvalue weighted by atomic mass is 35.5.